The number of carboxylic acid groups (broad SMARTS) is 1. The largest absolute Gasteiger partial charge is 0.478 e. The van der Waals surface area contributed by atoms with E-state index in [1.165, 1.54) is 18.2 Å². The summed E-state index contributed by atoms with van der Waals surface area (Å²) in [6, 6.07) is 3.89. The van der Waals surface area contributed by atoms with E-state index in [0.29, 0.717) is 5.56 Å². The lowest BCUT2D eigenvalue weighted by molar-refractivity contribution is -0.386. The summed E-state index contributed by atoms with van der Waals surface area (Å²) in [5.74, 6) is -1.99. The van der Waals surface area contributed by atoms with E-state index in [-0.39, 0.29) is 17.9 Å². The molecule has 1 aromatic rings. The van der Waals surface area contributed by atoms with Crippen molar-refractivity contribution in [3.63, 3.8) is 0 Å². The number of benzene rings is 1. The standard InChI is InChI=1S/C13H14N2O6/c1-2-10(13(14)18)21-11-5-3-8(4-6-12(16)17)7-9(11)15(19)20/h3-7,10H,2H2,1H3,(H2,14,18)(H,16,17). The van der Waals surface area contributed by atoms with Gasteiger partial charge in [-0.15, -0.1) is 0 Å². The van der Waals surface area contributed by atoms with Gasteiger partial charge in [0.1, 0.15) is 0 Å². The van der Waals surface area contributed by atoms with Gasteiger partial charge in [-0.05, 0) is 24.1 Å². The van der Waals surface area contributed by atoms with Crippen LogP contribution in [0.4, 0.5) is 5.69 Å². The zero-order valence-electron chi connectivity index (χ0n) is 11.2. The van der Waals surface area contributed by atoms with Crippen LogP contribution in [0.3, 0.4) is 0 Å². The van der Waals surface area contributed by atoms with E-state index < -0.39 is 22.9 Å². The zero-order valence-corrected chi connectivity index (χ0v) is 11.2. The Balaban J connectivity index is 3.13. The third-order valence-electron chi connectivity index (χ3n) is 2.56. The van der Waals surface area contributed by atoms with E-state index in [2.05, 4.69) is 0 Å². The fraction of sp³-hybridized carbons (Fsp3) is 0.231. The first-order chi connectivity index (χ1) is 9.85. The summed E-state index contributed by atoms with van der Waals surface area (Å²) >= 11 is 0. The first-order valence-electron chi connectivity index (χ1n) is 6.00. The van der Waals surface area contributed by atoms with E-state index in [1.807, 2.05) is 0 Å². The number of nitrogens with two attached hydrogens (primary N) is 1. The highest BCUT2D eigenvalue weighted by molar-refractivity contribution is 5.85. The van der Waals surface area contributed by atoms with Gasteiger partial charge in [-0.3, -0.25) is 14.9 Å². The lowest BCUT2D eigenvalue weighted by Gasteiger charge is -2.14. The molecule has 0 aliphatic rings. The number of amides is 1. The summed E-state index contributed by atoms with van der Waals surface area (Å²) < 4.78 is 5.24. The Labute approximate surface area is 120 Å². The van der Waals surface area contributed by atoms with Crippen molar-refractivity contribution < 1.29 is 24.4 Å². The van der Waals surface area contributed by atoms with Crippen molar-refractivity contribution in [1.29, 1.82) is 0 Å². The average Bonchev–Trinajstić information content (AvgIpc) is 2.42. The molecule has 8 nitrogen and oxygen atoms in total. The van der Waals surface area contributed by atoms with Gasteiger partial charge < -0.3 is 15.6 Å². The number of primary amides is 1. The molecule has 112 valence electrons. The summed E-state index contributed by atoms with van der Waals surface area (Å²) in [5.41, 5.74) is 5.07. The molecule has 3 N–H and O–H groups in total. The Morgan fingerprint density at radius 3 is 2.67 bits per heavy atom. The Hall–Kier alpha value is -2.90. The maximum absolute atomic E-state index is 11.1. The molecule has 1 unspecified atom stereocenters. The zero-order chi connectivity index (χ0) is 16.0. The smallest absolute Gasteiger partial charge is 0.328 e. The number of nitro groups is 1. The highest BCUT2D eigenvalue weighted by Gasteiger charge is 2.21. The second-order valence-corrected chi connectivity index (χ2v) is 4.07. The fourth-order valence-corrected chi connectivity index (χ4v) is 1.54. The van der Waals surface area contributed by atoms with Crippen molar-refractivity contribution >= 4 is 23.6 Å². The van der Waals surface area contributed by atoms with Crippen LogP contribution in [0.2, 0.25) is 0 Å². The van der Waals surface area contributed by atoms with Gasteiger partial charge >= 0.3 is 11.7 Å². The fourth-order valence-electron chi connectivity index (χ4n) is 1.54. The normalized spacial score (nSPS) is 12.0. The lowest BCUT2D eigenvalue weighted by Crippen LogP contribution is -2.33. The Bertz CT molecular complexity index is 596. The van der Waals surface area contributed by atoms with Crippen molar-refractivity contribution in [2.75, 3.05) is 0 Å². The maximum Gasteiger partial charge on any atom is 0.328 e. The van der Waals surface area contributed by atoms with Gasteiger partial charge in [0, 0.05) is 12.1 Å². The number of carbonyl (C=O) groups excluding carboxylic acids is 1. The van der Waals surface area contributed by atoms with Crippen LogP contribution in [0, 0.1) is 10.1 Å². The van der Waals surface area contributed by atoms with Crippen LogP contribution < -0.4 is 10.5 Å². The van der Waals surface area contributed by atoms with Gasteiger partial charge in [0.15, 0.2) is 11.9 Å². The number of rotatable bonds is 7. The molecule has 21 heavy (non-hydrogen) atoms. The van der Waals surface area contributed by atoms with Crippen LogP contribution >= 0.6 is 0 Å². The highest BCUT2D eigenvalue weighted by Crippen LogP contribution is 2.29. The summed E-state index contributed by atoms with van der Waals surface area (Å²) in [4.78, 5) is 31.9. The molecule has 0 bridgehead atoms. The third kappa shape index (κ3) is 4.60. The first-order valence-corrected chi connectivity index (χ1v) is 6.00. The first kappa shape index (κ1) is 16.2. The molecule has 1 aromatic carbocycles. The number of nitrogens with zero attached hydrogens (tertiary/aromatic N) is 1. The molecule has 0 aliphatic heterocycles. The molecule has 8 heteroatoms. The van der Waals surface area contributed by atoms with E-state index >= 15 is 0 Å². The molecule has 0 fully saturated rings. The van der Waals surface area contributed by atoms with Crippen molar-refractivity contribution in [3.05, 3.63) is 40.0 Å². The lowest BCUT2D eigenvalue weighted by atomic mass is 10.1. The molecule has 1 rings (SSSR count). The van der Waals surface area contributed by atoms with E-state index in [4.69, 9.17) is 15.6 Å². The summed E-state index contributed by atoms with van der Waals surface area (Å²) in [6.07, 6.45) is 1.37. The molecule has 1 atom stereocenters. The van der Waals surface area contributed by atoms with Gasteiger partial charge in [0.05, 0.1) is 4.92 Å². The van der Waals surface area contributed by atoms with Crippen LogP contribution in [-0.4, -0.2) is 28.0 Å². The van der Waals surface area contributed by atoms with Crippen LogP contribution in [-0.2, 0) is 9.59 Å². The number of ether oxygens (including phenoxy) is 1. The molecular formula is C13H14N2O6. The maximum atomic E-state index is 11.1. The van der Waals surface area contributed by atoms with Crippen LogP contribution in [0.5, 0.6) is 5.75 Å². The number of aliphatic carboxylic acids is 1. The van der Waals surface area contributed by atoms with Crippen molar-refractivity contribution in [2.24, 2.45) is 5.73 Å². The minimum absolute atomic E-state index is 0.0990. The molecule has 1 amide bonds. The third-order valence-corrected chi connectivity index (χ3v) is 2.56. The molecule has 0 heterocycles. The van der Waals surface area contributed by atoms with Gasteiger partial charge in [-0.25, -0.2) is 4.79 Å². The molecule has 0 saturated heterocycles. The number of carboxylic acids is 1. The van der Waals surface area contributed by atoms with Gasteiger partial charge in [-0.1, -0.05) is 13.0 Å². The van der Waals surface area contributed by atoms with E-state index in [9.17, 15) is 19.7 Å². The van der Waals surface area contributed by atoms with E-state index in [1.54, 1.807) is 6.92 Å². The Morgan fingerprint density at radius 2 is 2.19 bits per heavy atom. The van der Waals surface area contributed by atoms with E-state index in [0.717, 1.165) is 12.1 Å². The monoisotopic (exact) mass is 294 g/mol. The van der Waals surface area contributed by atoms with Gasteiger partial charge in [-0.2, -0.15) is 0 Å². The minimum atomic E-state index is -1.17. The summed E-state index contributed by atoms with van der Waals surface area (Å²) in [7, 11) is 0. The number of nitro benzene ring substituents is 1. The SMILES string of the molecule is CCC(Oc1ccc(C=CC(=O)O)cc1[N+](=O)[O-])C(N)=O. The molecule has 0 saturated carbocycles. The summed E-state index contributed by atoms with van der Waals surface area (Å²) in [5, 5.41) is 19.5. The van der Waals surface area contributed by atoms with Crippen molar-refractivity contribution in [3.8, 4) is 5.75 Å². The second-order valence-electron chi connectivity index (χ2n) is 4.07. The van der Waals surface area contributed by atoms with Crippen LogP contribution in [0.1, 0.15) is 18.9 Å². The van der Waals surface area contributed by atoms with Crippen LogP contribution in [0.25, 0.3) is 6.08 Å². The predicted octanol–water partition coefficient (Wildman–Crippen LogP) is 1.34. The van der Waals surface area contributed by atoms with Gasteiger partial charge in [0.25, 0.3) is 5.91 Å². The number of hydrogen-bond donors (Lipinski definition) is 2. The Kier molecular flexibility index (Phi) is 5.41. The Morgan fingerprint density at radius 1 is 1.52 bits per heavy atom. The molecule has 0 aromatic heterocycles. The molecule has 0 radical (unpaired) electrons. The summed E-state index contributed by atoms with van der Waals surface area (Å²) in [6.45, 7) is 1.66. The number of carbonyl (C=O) groups is 2. The highest BCUT2D eigenvalue weighted by atomic mass is 16.6. The number of hydrogen-bond acceptors (Lipinski definition) is 5. The molecular weight excluding hydrogens is 280 g/mol. The van der Waals surface area contributed by atoms with Crippen molar-refractivity contribution in [1.82, 2.24) is 0 Å². The van der Waals surface area contributed by atoms with Crippen LogP contribution in [0.15, 0.2) is 24.3 Å². The predicted molar refractivity (Wildman–Crippen MR) is 73.7 cm³/mol. The van der Waals surface area contributed by atoms with Gasteiger partial charge in [0.2, 0.25) is 0 Å². The topological polar surface area (TPSA) is 133 Å². The quantitative estimate of drug-likeness (QED) is 0.443. The minimum Gasteiger partial charge on any atom is -0.478 e. The molecule has 0 spiro atoms. The molecule has 0 aliphatic carbocycles. The second kappa shape index (κ2) is 7.04. The van der Waals surface area contributed by atoms with Crippen molar-refractivity contribution in [2.45, 2.75) is 19.4 Å². The average molecular weight is 294 g/mol.